The number of nitrogens with one attached hydrogen (secondary N) is 1. The Hall–Kier alpha value is -0.580. The number of halogens is 1. The second kappa shape index (κ2) is 7.61. The zero-order valence-corrected chi connectivity index (χ0v) is 15.3. The SMILES string of the molecule is CNC(C)c1ccc(N2CCN(CC(C)C)CC2)cc1Br. The third-order valence-corrected chi connectivity index (χ3v) is 4.93. The van der Waals surface area contributed by atoms with E-state index in [2.05, 4.69) is 70.0 Å². The van der Waals surface area contributed by atoms with Crippen molar-refractivity contribution in [2.24, 2.45) is 5.92 Å². The molecule has 1 saturated heterocycles. The van der Waals surface area contributed by atoms with E-state index in [1.807, 2.05) is 7.05 Å². The van der Waals surface area contributed by atoms with Gasteiger partial charge in [0.15, 0.2) is 0 Å². The number of rotatable bonds is 5. The van der Waals surface area contributed by atoms with Crippen LogP contribution in [0.5, 0.6) is 0 Å². The molecular weight excluding hydrogens is 326 g/mol. The van der Waals surface area contributed by atoms with Crippen molar-refractivity contribution in [2.75, 3.05) is 44.7 Å². The number of hydrogen-bond donors (Lipinski definition) is 1. The molecule has 21 heavy (non-hydrogen) atoms. The van der Waals surface area contributed by atoms with Crippen molar-refractivity contribution in [2.45, 2.75) is 26.8 Å². The van der Waals surface area contributed by atoms with Crippen LogP contribution in [0.15, 0.2) is 22.7 Å². The van der Waals surface area contributed by atoms with Gasteiger partial charge in [-0.1, -0.05) is 35.8 Å². The molecule has 0 aromatic heterocycles. The molecule has 1 atom stereocenters. The lowest BCUT2D eigenvalue weighted by Gasteiger charge is -2.37. The summed E-state index contributed by atoms with van der Waals surface area (Å²) in [5.41, 5.74) is 2.65. The molecule has 1 aliphatic heterocycles. The van der Waals surface area contributed by atoms with Gasteiger partial charge in [-0.3, -0.25) is 4.90 Å². The van der Waals surface area contributed by atoms with Gasteiger partial charge in [-0.25, -0.2) is 0 Å². The van der Waals surface area contributed by atoms with E-state index in [1.54, 1.807) is 0 Å². The van der Waals surface area contributed by atoms with E-state index >= 15 is 0 Å². The van der Waals surface area contributed by atoms with Gasteiger partial charge in [0.1, 0.15) is 0 Å². The van der Waals surface area contributed by atoms with Gasteiger partial charge in [0.05, 0.1) is 0 Å². The summed E-state index contributed by atoms with van der Waals surface area (Å²) in [4.78, 5) is 5.07. The largest absolute Gasteiger partial charge is 0.369 e. The van der Waals surface area contributed by atoms with Crippen LogP contribution in [0.3, 0.4) is 0 Å². The minimum atomic E-state index is 0.372. The summed E-state index contributed by atoms with van der Waals surface area (Å²) in [5, 5.41) is 3.29. The maximum atomic E-state index is 3.72. The van der Waals surface area contributed by atoms with Gasteiger partial charge in [0, 0.05) is 48.9 Å². The first kappa shape index (κ1) is 16.8. The highest BCUT2D eigenvalue weighted by Crippen LogP contribution is 2.28. The lowest BCUT2D eigenvalue weighted by Crippen LogP contribution is -2.47. The van der Waals surface area contributed by atoms with Gasteiger partial charge in [-0.15, -0.1) is 0 Å². The highest BCUT2D eigenvalue weighted by atomic mass is 79.9. The second-order valence-electron chi connectivity index (χ2n) is 6.40. The summed E-state index contributed by atoms with van der Waals surface area (Å²) in [5.74, 6) is 0.757. The van der Waals surface area contributed by atoms with Gasteiger partial charge in [-0.05, 0) is 37.6 Å². The van der Waals surface area contributed by atoms with Gasteiger partial charge in [0.2, 0.25) is 0 Å². The predicted molar refractivity (Wildman–Crippen MR) is 95.1 cm³/mol. The van der Waals surface area contributed by atoms with E-state index in [0.717, 1.165) is 19.0 Å². The summed E-state index contributed by atoms with van der Waals surface area (Å²) in [6.07, 6.45) is 0. The molecule has 0 spiro atoms. The standard InChI is InChI=1S/C17H28BrN3/c1-13(2)12-20-7-9-21(10-8-20)15-5-6-16(14(3)19-4)17(18)11-15/h5-6,11,13-14,19H,7-10,12H2,1-4H3. The molecular formula is C17H28BrN3. The van der Waals surface area contributed by atoms with Crippen LogP contribution in [-0.2, 0) is 0 Å². The molecule has 3 nitrogen and oxygen atoms in total. The number of nitrogens with zero attached hydrogens (tertiary/aromatic N) is 2. The minimum Gasteiger partial charge on any atom is -0.369 e. The van der Waals surface area contributed by atoms with Crippen LogP contribution < -0.4 is 10.2 Å². The molecule has 1 aliphatic rings. The molecule has 0 amide bonds. The van der Waals surface area contributed by atoms with E-state index in [9.17, 15) is 0 Å². The van der Waals surface area contributed by atoms with Crippen molar-refractivity contribution in [1.82, 2.24) is 10.2 Å². The Balaban J connectivity index is 1.99. The Morgan fingerprint density at radius 1 is 1.14 bits per heavy atom. The van der Waals surface area contributed by atoms with Gasteiger partial charge in [0.25, 0.3) is 0 Å². The molecule has 1 heterocycles. The normalized spacial score (nSPS) is 18.3. The van der Waals surface area contributed by atoms with E-state index in [4.69, 9.17) is 0 Å². The summed E-state index contributed by atoms with van der Waals surface area (Å²) in [7, 11) is 2.00. The zero-order valence-electron chi connectivity index (χ0n) is 13.7. The van der Waals surface area contributed by atoms with E-state index < -0.39 is 0 Å². The summed E-state index contributed by atoms with van der Waals surface area (Å²) in [6, 6.07) is 7.13. The number of anilines is 1. The maximum absolute atomic E-state index is 3.72. The summed E-state index contributed by atoms with van der Waals surface area (Å²) >= 11 is 3.72. The van der Waals surface area contributed by atoms with Crippen LogP contribution in [0.25, 0.3) is 0 Å². The van der Waals surface area contributed by atoms with E-state index in [1.165, 1.54) is 35.4 Å². The van der Waals surface area contributed by atoms with Crippen LogP contribution in [-0.4, -0.2) is 44.7 Å². The van der Waals surface area contributed by atoms with Crippen LogP contribution >= 0.6 is 15.9 Å². The number of benzene rings is 1. The second-order valence-corrected chi connectivity index (χ2v) is 7.25. The molecule has 4 heteroatoms. The predicted octanol–water partition coefficient (Wildman–Crippen LogP) is 3.51. The maximum Gasteiger partial charge on any atom is 0.0378 e. The fourth-order valence-corrected chi connectivity index (χ4v) is 3.63. The molecule has 1 unspecified atom stereocenters. The quantitative estimate of drug-likeness (QED) is 0.873. The molecule has 1 aromatic carbocycles. The third-order valence-electron chi connectivity index (χ3n) is 4.24. The molecule has 1 fully saturated rings. The number of piperazine rings is 1. The monoisotopic (exact) mass is 353 g/mol. The summed E-state index contributed by atoms with van der Waals surface area (Å²) < 4.78 is 1.20. The highest BCUT2D eigenvalue weighted by Gasteiger charge is 2.18. The molecule has 1 N–H and O–H groups in total. The number of hydrogen-bond acceptors (Lipinski definition) is 3. The lowest BCUT2D eigenvalue weighted by atomic mass is 10.1. The Labute approximate surface area is 137 Å². The Morgan fingerprint density at radius 2 is 1.81 bits per heavy atom. The summed E-state index contributed by atoms with van der Waals surface area (Å²) in [6.45, 7) is 12.6. The van der Waals surface area contributed by atoms with Crippen molar-refractivity contribution in [3.8, 4) is 0 Å². The fourth-order valence-electron chi connectivity index (χ4n) is 2.92. The first-order chi connectivity index (χ1) is 10.0. The highest BCUT2D eigenvalue weighted by molar-refractivity contribution is 9.10. The van der Waals surface area contributed by atoms with Crippen LogP contribution in [0, 0.1) is 5.92 Å². The molecule has 2 rings (SSSR count). The average molecular weight is 354 g/mol. The van der Waals surface area contributed by atoms with E-state index in [-0.39, 0.29) is 0 Å². The van der Waals surface area contributed by atoms with Crippen LogP contribution in [0.2, 0.25) is 0 Å². The lowest BCUT2D eigenvalue weighted by molar-refractivity contribution is 0.231. The Morgan fingerprint density at radius 3 is 2.33 bits per heavy atom. The van der Waals surface area contributed by atoms with Crippen molar-refractivity contribution in [3.05, 3.63) is 28.2 Å². The topological polar surface area (TPSA) is 18.5 Å². The molecule has 0 radical (unpaired) electrons. The smallest absolute Gasteiger partial charge is 0.0378 e. The molecule has 0 aliphatic carbocycles. The fraction of sp³-hybridized carbons (Fsp3) is 0.647. The first-order valence-corrected chi connectivity index (χ1v) is 8.74. The molecule has 0 saturated carbocycles. The van der Waals surface area contributed by atoms with Gasteiger partial charge in [-0.2, -0.15) is 0 Å². The van der Waals surface area contributed by atoms with Crippen LogP contribution in [0.1, 0.15) is 32.4 Å². The van der Waals surface area contributed by atoms with Crippen molar-refractivity contribution < 1.29 is 0 Å². The van der Waals surface area contributed by atoms with Crippen molar-refractivity contribution in [3.63, 3.8) is 0 Å². The minimum absolute atomic E-state index is 0.372. The van der Waals surface area contributed by atoms with Gasteiger partial charge < -0.3 is 10.2 Å². The Kier molecular flexibility index (Phi) is 6.08. The molecule has 1 aromatic rings. The Bertz CT molecular complexity index is 453. The molecule has 118 valence electrons. The van der Waals surface area contributed by atoms with Crippen LogP contribution in [0.4, 0.5) is 5.69 Å². The first-order valence-electron chi connectivity index (χ1n) is 7.95. The van der Waals surface area contributed by atoms with Crippen molar-refractivity contribution in [1.29, 1.82) is 0 Å². The third kappa shape index (κ3) is 4.44. The van der Waals surface area contributed by atoms with Crippen molar-refractivity contribution >= 4 is 21.6 Å². The van der Waals surface area contributed by atoms with Gasteiger partial charge >= 0.3 is 0 Å². The van der Waals surface area contributed by atoms with E-state index in [0.29, 0.717) is 6.04 Å². The average Bonchev–Trinajstić information content (AvgIpc) is 2.46. The molecule has 0 bridgehead atoms. The zero-order chi connectivity index (χ0) is 15.4.